The molecule has 3 N–H and O–H groups in total. The van der Waals surface area contributed by atoms with E-state index in [1.54, 1.807) is 18.0 Å². The van der Waals surface area contributed by atoms with E-state index in [0.717, 1.165) is 18.1 Å². The number of thioether (sulfide) groups is 1. The Hall–Kier alpha value is -0.940. The van der Waals surface area contributed by atoms with Crippen LogP contribution in [0.4, 0.5) is 0 Å². The average molecular weight is 242 g/mol. The molecule has 0 spiro atoms. The van der Waals surface area contributed by atoms with Gasteiger partial charge in [-0.05, 0) is 25.6 Å². The number of carbonyl (C=O) groups excluding carboxylic acids is 1. The van der Waals surface area contributed by atoms with Crippen LogP contribution in [0.25, 0.3) is 0 Å². The summed E-state index contributed by atoms with van der Waals surface area (Å²) in [7, 11) is 0. The molecule has 0 fully saturated rings. The minimum Gasteiger partial charge on any atom is -0.468 e. The van der Waals surface area contributed by atoms with Crippen molar-refractivity contribution in [3.8, 4) is 0 Å². The number of carbonyl (C=O) groups is 1. The van der Waals surface area contributed by atoms with Crippen LogP contribution in [-0.4, -0.2) is 23.7 Å². The summed E-state index contributed by atoms with van der Waals surface area (Å²) in [6.45, 7) is 4.51. The zero-order valence-electron chi connectivity index (χ0n) is 9.66. The van der Waals surface area contributed by atoms with Crippen LogP contribution in [-0.2, 0) is 10.5 Å². The van der Waals surface area contributed by atoms with Crippen molar-refractivity contribution in [3.05, 3.63) is 24.2 Å². The quantitative estimate of drug-likeness (QED) is 0.757. The van der Waals surface area contributed by atoms with Gasteiger partial charge in [0.05, 0.1) is 12.0 Å². The maximum atomic E-state index is 11.3. The molecule has 0 aliphatic carbocycles. The van der Waals surface area contributed by atoms with Gasteiger partial charge in [-0.15, -0.1) is 0 Å². The largest absolute Gasteiger partial charge is 0.468 e. The van der Waals surface area contributed by atoms with Crippen LogP contribution in [0, 0.1) is 0 Å². The molecule has 1 amide bonds. The van der Waals surface area contributed by atoms with Gasteiger partial charge in [0.1, 0.15) is 11.3 Å². The third kappa shape index (κ3) is 3.57. The molecule has 0 bridgehead atoms. The smallest absolute Gasteiger partial charge is 0.238 e. The Balaban J connectivity index is 2.41. The molecule has 1 aromatic heterocycles. The summed E-state index contributed by atoms with van der Waals surface area (Å²) in [5.41, 5.74) is 4.73. The lowest BCUT2D eigenvalue weighted by Gasteiger charge is -2.26. The van der Waals surface area contributed by atoms with Crippen LogP contribution in [0.5, 0.6) is 0 Å². The second kappa shape index (κ2) is 5.96. The molecule has 1 heterocycles. The molecule has 1 unspecified atom stereocenters. The molecule has 0 saturated heterocycles. The lowest BCUT2D eigenvalue weighted by Crippen LogP contribution is -2.55. The minimum absolute atomic E-state index is 0.318. The predicted molar refractivity (Wildman–Crippen MR) is 66.1 cm³/mol. The topological polar surface area (TPSA) is 68.3 Å². The van der Waals surface area contributed by atoms with Crippen molar-refractivity contribution in [3.63, 3.8) is 0 Å². The lowest BCUT2D eigenvalue weighted by molar-refractivity contribution is -0.122. The van der Waals surface area contributed by atoms with E-state index < -0.39 is 5.54 Å². The predicted octanol–water partition coefficient (Wildman–Crippen LogP) is 1.37. The molecule has 16 heavy (non-hydrogen) atoms. The summed E-state index contributed by atoms with van der Waals surface area (Å²) in [5.74, 6) is 1.98. The Bertz CT molecular complexity index is 327. The first kappa shape index (κ1) is 13.1. The SMILES string of the molecule is CCNC(C)(CSCc1ccco1)C(N)=O. The summed E-state index contributed by atoms with van der Waals surface area (Å²) in [6.07, 6.45) is 1.65. The first-order valence-electron chi connectivity index (χ1n) is 5.23. The van der Waals surface area contributed by atoms with Crippen molar-refractivity contribution in [2.24, 2.45) is 5.73 Å². The number of rotatable bonds is 7. The fourth-order valence-electron chi connectivity index (χ4n) is 1.35. The van der Waals surface area contributed by atoms with Crippen LogP contribution >= 0.6 is 11.8 Å². The summed E-state index contributed by atoms with van der Waals surface area (Å²) in [6, 6.07) is 3.77. The second-order valence-corrected chi connectivity index (χ2v) is 4.78. The van der Waals surface area contributed by atoms with Gasteiger partial charge in [0, 0.05) is 5.75 Å². The van der Waals surface area contributed by atoms with E-state index in [1.165, 1.54) is 0 Å². The van der Waals surface area contributed by atoms with Gasteiger partial charge in [-0.2, -0.15) is 11.8 Å². The van der Waals surface area contributed by atoms with E-state index >= 15 is 0 Å². The normalized spacial score (nSPS) is 14.6. The van der Waals surface area contributed by atoms with Crippen molar-refractivity contribution in [2.45, 2.75) is 25.1 Å². The highest BCUT2D eigenvalue weighted by Crippen LogP contribution is 2.18. The highest BCUT2D eigenvalue weighted by molar-refractivity contribution is 7.98. The Kier molecular flexibility index (Phi) is 4.89. The summed E-state index contributed by atoms with van der Waals surface area (Å²) < 4.78 is 5.21. The summed E-state index contributed by atoms with van der Waals surface area (Å²) in [5, 5.41) is 3.11. The Morgan fingerprint density at radius 3 is 2.94 bits per heavy atom. The number of nitrogens with one attached hydrogen (secondary N) is 1. The monoisotopic (exact) mass is 242 g/mol. The molecule has 1 atom stereocenters. The lowest BCUT2D eigenvalue weighted by atomic mass is 10.1. The average Bonchev–Trinajstić information content (AvgIpc) is 2.70. The second-order valence-electron chi connectivity index (χ2n) is 3.80. The molecule has 1 aromatic rings. The third-order valence-corrected chi connectivity index (χ3v) is 3.60. The maximum Gasteiger partial charge on any atom is 0.238 e. The van der Waals surface area contributed by atoms with Gasteiger partial charge in [0.2, 0.25) is 5.91 Å². The van der Waals surface area contributed by atoms with Crippen molar-refractivity contribution >= 4 is 17.7 Å². The standard InChI is InChI=1S/C11H18N2O2S/c1-3-13-11(2,10(12)14)8-16-7-9-5-4-6-15-9/h4-6,13H,3,7-8H2,1-2H3,(H2,12,14). The maximum absolute atomic E-state index is 11.3. The highest BCUT2D eigenvalue weighted by Gasteiger charge is 2.29. The van der Waals surface area contributed by atoms with Crippen LogP contribution in [0.2, 0.25) is 0 Å². The number of amides is 1. The van der Waals surface area contributed by atoms with Crippen molar-refractivity contribution < 1.29 is 9.21 Å². The van der Waals surface area contributed by atoms with E-state index in [2.05, 4.69) is 5.32 Å². The van der Waals surface area contributed by atoms with Crippen LogP contribution in [0.15, 0.2) is 22.8 Å². The van der Waals surface area contributed by atoms with E-state index in [4.69, 9.17) is 10.2 Å². The molecule has 0 aliphatic heterocycles. The first-order chi connectivity index (χ1) is 7.58. The highest BCUT2D eigenvalue weighted by atomic mass is 32.2. The van der Waals surface area contributed by atoms with Crippen molar-refractivity contribution in [1.82, 2.24) is 5.32 Å². The Morgan fingerprint density at radius 2 is 2.44 bits per heavy atom. The van der Waals surface area contributed by atoms with E-state index in [-0.39, 0.29) is 5.91 Å². The van der Waals surface area contributed by atoms with E-state index in [1.807, 2.05) is 26.0 Å². The third-order valence-electron chi connectivity index (χ3n) is 2.33. The van der Waals surface area contributed by atoms with Crippen LogP contribution in [0.3, 0.4) is 0 Å². The molecular formula is C11H18N2O2S. The fourth-order valence-corrected chi connectivity index (χ4v) is 2.47. The van der Waals surface area contributed by atoms with E-state index in [0.29, 0.717) is 5.75 Å². The van der Waals surface area contributed by atoms with Gasteiger partial charge in [0.25, 0.3) is 0 Å². The van der Waals surface area contributed by atoms with Crippen molar-refractivity contribution in [1.29, 1.82) is 0 Å². The van der Waals surface area contributed by atoms with Crippen molar-refractivity contribution in [2.75, 3.05) is 12.3 Å². The molecule has 90 valence electrons. The van der Waals surface area contributed by atoms with Gasteiger partial charge in [-0.25, -0.2) is 0 Å². The van der Waals surface area contributed by atoms with Crippen LogP contribution in [0.1, 0.15) is 19.6 Å². The number of hydrogen-bond acceptors (Lipinski definition) is 4. The summed E-state index contributed by atoms with van der Waals surface area (Å²) >= 11 is 1.63. The first-order valence-corrected chi connectivity index (χ1v) is 6.39. The molecular weight excluding hydrogens is 224 g/mol. The van der Waals surface area contributed by atoms with Crippen LogP contribution < -0.4 is 11.1 Å². The number of primary amides is 1. The molecule has 0 radical (unpaired) electrons. The molecule has 5 heteroatoms. The zero-order valence-corrected chi connectivity index (χ0v) is 10.5. The van der Waals surface area contributed by atoms with Gasteiger partial charge < -0.3 is 15.5 Å². The Labute approximate surface area is 100.0 Å². The molecule has 0 aliphatic rings. The number of nitrogens with two attached hydrogens (primary N) is 1. The van der Waals surface area contributed by atoms with Gasteiger partial charge in [0.15, 0.2) is 0 Å². The van der Waals surface area contributed by atoms with Gasteiger partial charge >= 0.3 is 0 Å². The zero-order chi connectivity index (χ0) is 12.0. The number of furan rings is 1. The van der Waals surface area contributed by atoms with E-state index in [9.17, 15) is 4.79 Å². The summed E-state index contributed by atoms with van der Waals surface area (Å²) in [4.78, 5) is 11.3. The molecule has 4 nitrogen and oxygen atoms in total. The van der Waals surface area contributed by atoms with Gasteiger partial charge in [-0.3, -0.25) is 4.79 Å². The number of hydrogen-bond donors (Lipinski definition) is 2. The van der Waals surface area contributed by atoms with Gasteiger partial charge in [-0.1, -0.05) is 6.92 Å². The molecule has 0 saturated carbocycles. The number of likely N-dealkylation sites (N-methyl/N-ethyl adjacent to an activating group) is 1. The Morgan fingerprint density at radius 1 is 1.69 bits per heavy atom. The minimum atomic E-state index is -0.647. The fraction of sp³-hybridized carbons (Fsp3) is 0.545. The molecule has 0 aromatic carbocycles. The molecule has 1 rings (SSSR count).